The zero-order valence-electron chi connectivity index (χ0n) is 10.5. The van der Waals surface area contributed by atoms with Gasteiger partial charge in [-0.1, -0.05) is 30.3 Å². The number of hydrazine groups is 1. The van der Waals surface area contributed by atoms with Crippen LogP contribution in [-0.4, -0.2) is 24.1 Å². The van der Waals surface area contributed by atoms with Crippen LogP contribution >= 0.6 is 0 Å². The highest BCUT2D eigenvalue weighted by molar-refractivity contribution is 5.14. The highest BCUT2D eigenvalue weighted by atomic mass is 19.4. The highest BCUT2D eigenvalue weighted by Crippen LogP contribution is 2.25. The van der Waals surface area contributed by atoms with E-state index in [4.69, 9.17) is 0 Å². The molecule has 0 amide bonds. The number of hydrogen-bond acceptors (Lipinski definition) is 3. The second-order valence-corrected chi connectivity index (χ2v) is 4.53. The molecule has 0 saturated carbocycles. The second-order valence-electron chi connectivity index (χ2n) is 4.53. The summed E-state index contributed by atoms with van der Waals surface area (Å²) < 4.78 is 41.0. The van der Waals surface area contributed by atoms with Crippen LogP contribution in [0.1, 0.15) is 24.8 Å². The van der Waals surface area contributed by atoms with Crippen LogP contribution in [0.25, 0.3) is 0 Å². The Bertz CT molecular complexity index is 383. The van der Waals surface area contributed by atoms with E-state index in [0.717, 1.165) is 18.4 Å². The number of alkyl halides is 3. The Morgan fingerprint density at radius 1 is 1.21 bits per heavy atom. The van der Waals surface area contributed by atoms with Gasteiger partial charge in [0.05, 0.1) is 0 Å². The minimum atomic E-state index is -4.59. The van der Waals surface area contributed by atoms with Crippen LogP contribution in [0.2, 0.25) is 0 Å². The van der Waals surface area contributed by atoms with E-state index in [-0.39, 0.29) is 0 Å². The third kappa shape index (κ3) is 4.81. The van der Waals surface area contributed by atoms with Crippen molar-refractivity contribution in [3.8, 4) is 0 Å². The fourth-order valence-corrected chi connectivity index (χ4v) is 2.15. The number of hydrogen-bond donors (Lipinski definition) is 1. The van der Waals surface area contributed by atoms with E-state index < -0.39 is 12.6 Å². The summed E-state index contributed by atoms with van der Waals surface area (Å²) in [6.45, 7) is 1.06. The van der Waals surface area contributed by atoms with Crippen LogP contribution in [0.15, 0.2) is 30.3 Å². The summed E-state index contributed by atoms with van der Waals surface area (Å²) in [6, 6.07) is 9.56. The van der Waals surface area contributed by atoms with E-state index in [1.165, 1.54) is 0 Å². The van der Waals surface area contributed by atoms with Crippen molar-refractivity contribution in [1.29, 1.82) is 0 Å². The van der Waals surface area contributed by atoms with E-state index in [0.29, 0.717) is 19.5 Å². The summed E-state index contributed by atoms with van der Waals surface area (Å²) >= 11 is 0. The lowest BCUT2D eigenvalue weighted by Gasteiger charge is -2.35. The van der Waals surface area contributed by atoms with Gasteiger partial charge in [-0.3, -0.25) is 4.74 Å². The molecule has 3 nitrogen and oxygen atoms in total. The molecule has 0 bridgehead atoms. The first-order chi connectivity index (χ1) is 9.04. The molecule has 1 heterocycles. The molecule has 2 rings (SSSR count). The SMILES string of the molecule is FC(F)(F)OC1CCCCN1NCc1ccccc1. The number of nitrogens with one attached hydrogen (secondary N) is 1. The topological polar surface area (TPSA) is 24.5 Å². The van der Waals surface area contributed by atoms with E-state index in [1.807, 2.05) is 30.3 Å². The quantitative estimate of drug-likeness (QED) is 0.913. The number of piperidine rings is 1. The average molecular weight is 274 g/mol. The lowest BCUT2D eigenvalue weighted by molar-refractivity contribution is -0.366. The Morgan fingerprint density at radius 3 is 2.63 bits per heavy atom. The van der Waals surface area contributed by atoms with Gasteiger partial charge in [-0.15, -0.1) is 13.2 Å². The molecule has 106 valence electrons. The number of benzene rings is 1. The molecule has 1 saturated heterocycles. The first kappa shape index (κ1) is 14.3. The van der Waals surface area contributed by atoms with Crippen molar-refractivity contribution in [2.45, 2.75) is 38.4 Å². The number of nitrogens with zero attached hydrogens (tertiary/aromatic N) is 1. The Kier molecular flexibility index (Phi) is 4.79. The first-order valence-electron chi connectivity index (χ1n) is 6.33. The fraction of sp³-hybridized carbons (Fsp3) is 0.538. The smallest absolute Gasteiger partial charge is 0.272 e. The second kappa shape index (κ2) is 6.36. The molecule has 0 spiro atoms. The van der Waals surface area contributed by atoms with Gasteiger partial charge < -0.3 is 0 Å². The molecule has 0 aliphatic carbocycles. The summed E-state index contributed by atoms with van der Waals surface area (Å²) in [5.41, 5.74) is 4.05. The Morgan fingerprint density at radius 2 is 1.95 bits per heavy atom. The molecule has 1 aliphatic heterocycles. The largest absolute Gasteiger partial charge is 0.524 e. The van der Waals surface area contributed by atoms with Crippen LogP contribution in [0.5, 0.6) is 0 Å². The van der Waals surface area contributed by atoms with Gasteiger partial charge in [-0.2, -0.15) is 0 Å². The van der Waals surface area contributed by atoms with Gasteiger partial charge >= 0.3 is 6.36 Å². The van der Waals surface area contributed by atoms with Crippen molar-refractivity contribution in [2.75, 3.05) is 6.54 Å². The molecule has 1 aliphatic rings. The van der Waals surface area contributed by atoms with Crippen LogP contribution in [0, 0.1) is 0 Å². The lowest BCUT2D eigenvalue weighted by Crippen LogP contribution is -2.51. The van der Waals surface area contributed by atoms with Crippen LogP contribution in [0.4, 0.5) is 13.2 Å². The maximum absolute atomic E-state index is 12.3. The minimum Gasteiger partial charge on any atom is -0.272 e. The normalized spacial score (nSPS) is 21.5. The van der Waals surface area contributed by atoms with E-state index >= 15 is 0 Å². The maximum Gasteiger partial charge on any atom is 0.524 e. The molecule has 1 fully saturated rings. The van der Waals surface area contributed by atoms with Crippen molar-refractivity contribution in [2.24, 2.45) is 0 Å². The lowest BCUT2D eigenvalue weighted by atomic mass is 10.1. The molecule has 1 aromatic rings. The summed E-state index contributed by atoms with van der Waals surface area (Å²) in [5.74, 6) is 0. The van der Waals surface area contributed by atoms with E-state index in [9.17, 15) is 13.2 Å². The van der Waals surface area contributed by atoms with Gasteiger partial charge in [-0.05, 0) is 24.8 Å². The van der Waals surface area contributed by atoms with Crippen molar-refractivity contribution >= 4 is 0 Å². The van der Waals surface area contributed by atoms with Crippen molar-refractivity contribution in [1.82, 2.24) is 10.4 Å². The molecule has 0 aromatic heterocycles. The summed E-state index contributed by atoms with van der Waals surface area (Å²) in [4.78, 5) is 0. The zero-order valence-corrected chi connectivity index (χ0v) is 10.5. The Hall–Kier alpha value is -1.11. The minimum absolute atomic E-state index is 0.390. The molecule has 1 N–H and O–H groups in total. The molecule has 6 heteroatoms. The summed E-state index contributed by atoms with van der Waals surface area (Å²) in [7, 11) is 0. The molecule has 1 unspecified atom stereocenters. The monoisotopic (exact) mass is 274 g/mol. The van der Waals surface area contributed by atoms with E-state index in [2.05, 4.69) is 10.2 Å². The van der Waals surface area contributed by atoms with Gasteiger partial charge in [-0.25, -0.2) is 10.4 Å². The van der Waals surface area contributed by atoms with Crippen molar-refractivity contribution < 1.29 is 17.9 Å². The highest BCUT2D eigenvalue weighted by Gasteiger charge is 2.37. The first-order valence-corrected chi connectivity index (χ1v) is 6.33. The predicted molar refractivity (Wildman–Crippen MR) is 64.8 cm³/mol. The molecular formula is C13H17F3N2O. The average Bonchev–Trinajstić information content (AvgIpc) is 2.37. The standard InChI is InChI=1S/C13H17F3N2O/c14-13(15,16)19-12-8-4-5-9-18(12)17-10-11-6-2-1-3-7-11/h1-3,6-7,12,17H,4-5,8-10H2. The van der Waals surface area contributed by atoms with Crippen LogP contribution in [-0.2, 0) is 11.3 Å². The number of ether oxygens (including phenoxy) is 1. The summed E-state index contributed by atoms with van der Waals surface area (Å²) in [5, 5.41) is 1.55. The number of halogens is 3. The van der Waals surface area contributed by atoms with Gasteiger partial charge in [0.1, 0.15) is 6.23 Å². The maximum atomic E-state index is 12.3. The third-order valence-electron chi connectivity index (χ3n) is 3.05. The Labute approximate surface area is 110 Å². The zero-order chi connectivity index (χ0) is 13.7. The van der Waals surface area contributed by atoms with Crippen LogP contribution < -0.4 is 5.43 Å². The van der Waals surface area contributed by atoms with E-state index in [1.54, 1.807) is 5.01 Å². The Balaban J connectivity index is 1.89. The fourth-order valence-electron chi connectivity index (χ4n) is 2.15. The van der Waals surface area contributed by atoms with Crippen molar-refractivity contribution in [3.05, 3.63) is 35.9 Å². The molecule has 19 heavy (non-hydrogen) atoms. The molecular weight excluding hydrogens is 257 g/mol. The molecule has 1 atom stereocenters. The van der Waals surface area contributed by atoms with Gasteiger partial charge in [0.15, 0.2) is 0 Å². The molecule has 0 radical (unpaired) electrons. The van der Waals surface area contributed by atoms with Gasteiger partial charge in [0, 0.05) is 13.1 Å². The van der Waals surface area contributed by atoms with Crippen LogP contribution in [0.3, 0.4) is 0 Å². The van der Waals surface area contributed by atoms with Gasteiger partial charge in [0.2, 0.25) is 0 Å². The van der Waals surface area contributed by atoms with Gasteiger partial charge in [0.25, 0.3) is 0 Å². The molecule has 1 aromatic carbocycles. The third-order valence-corrected chi connectivity index (χ3v) is 3.05. The summed E-state index contributed by atoms with van der Waals surface area (Å²) in [6.07, 6.45) is -3.50. The number of rotatable bonds is 4. The van der Waals surface area contributed by atoms with Crippen molar-refractivity contribution in [3.63, 3.8) is 0 Å². The predicted octanol–water partition coefficient (Wildman–Crippen LogP) is 3.04.